The molecule has 1 aromatic rings. The second-order valence-electron chi connectivity index (χ2n) is 4.64. The number of halogens is 1. The largest absolute Gasteiger partial charge is 0.351 e. The quantitative estimate of drug-likeness (QED) is 0.889. The number of rotatable bonds is 3. The van der Waals surface area contributed by atoms with Gasteiger partial charge in [0, 0.05) is 13.6 Å². The van der Waals surface area contributed by atoms with Crippen LogP contribution in [0.4, 0.5) is 9.18 Å². The van der Waals surface area contributed by atoms with Gasteiger partial charge >= 0.3 is 6.03 Å². The summed E-state index contributed by atoms with van der Waals surface area (Å²) in [6.45, 7) is 0.612. The Morgan fingerprint density at radius 3 is 2.53 bits per heavy atom. The molecule has 1 aliphatic heterocycles. The number of hydrogen-bond acceptors (Lipinski definition) is 2. The molecule has 0 bridgehead atoms. The third-order valence-electron chi connectivity index (χ3n) is 3.34. The predicted octanol–water partition coefficient (Wildman–Crippen LogP) is 1.11. The molecular formula is C13H16FN3O2. The standard InChI is InChI=1S/C13H16FN3O2/c1-16(13(15)19)8-12(18)17-7-6-11(17)9-2-4-10(14)5-3-9/h2-5,11H,6-8H2,1H3,(H2,15,19)/t11-/m1/s1. The molecule has 0 spiro atoms. The molecule has 1 aromatic carbocycles. The Bertz CT molecular complexity index is 489. The van der Waals surface area contributed by atoms with Gasteiger partial charge in [0.1, 0.15) is 12.4 Å². The zero-order valence-corrected chi connectivity index (χ0v) is 10.7. The number of nitrogens with two attached hydrogens (primary N) is 1. The van der Waals surface area contributed by atoms with Crippen LogP contribution in [0.1, 0.15) is 18.0 Å². The SMILES string of the molecule is CN(CC(=O)N1CC[C@@H]1c1ccc(F)cc1)C(N)=O. The summed E-state index contributed by atoms with van der Waals surface area (Å²) < 4.78 is 12.9. The molecule has 102 valence electrons. The topological polar surface area (TPSA) is 66.6 Å². The van der Waals surface area contributed by atoms with E-state index in [4.69, 9.17) is 5.73 Å². The van der Waals surface area contributed by atoms with E-state index in [0.29, 0.717) is 6.54 Å². The van der Waals surface area contributed by atoms with Crippen LogP contribution in [0.15, 0.2) is 24.3 Å². The molecule has 1 atom stereocenters. The highest BCUT2D eigenvalue weighted by Gasteiger charge is 2.33. The van der Waals surface area contributed by atoms with Crippen LogP contribution in [0.25, 0.3) is 0 Å². The van der Waals surface area contributed by atoms with Gasteiger partial charge in [-0.15, -0.1) is 0 Å². The Morgan fingerprint density at radius 2 is 2.05 bits per heavy atom. The van der Waals surface area contributed by atoms with Crippen molar-refractivity contribution in [3.63, 3.8) is 0 Å². The van der Waals surface area contributed by atoms with Crippen molar-refractivity contribution < 1.29 is 14.0 Å². The van der Waals surface area contributed by atoms with Gasteiger partial charge in [-0.05, 0) is 24.1 Å². The number of benzene rings is 1. The summed E-state index contributed by atoms with van der Waals surface area (Å²) >= 11 is 0. The molecule has 0 aromatic heterocycles. The Labute approximate surface area is 110 Å². The molecule has 2 rings (SSSR count). The average molecular weight is 265 g/mol. The highest BCUT2D eigenvalue weighted by atomic mass is 19.1. The number of likely N-dealkylation sites (N-methyl/N-ethyl adjacent to an activating group) is 1. The molecule has 6 heteroatoms. The van der Waals surface area contributed by atoms with Crippen LogP contribution in [0.5, 0.6) is 0 Å². The maximum absolute atomic E-state index is 12.9. The maximum atomic E-state index is 12.9. The summed E-state index contributed by atoms with van der Waals surface area (Å²) in [6, 6.07) is 5.45. The second kappa shape index (κ2) is 5.26. The van der Waals surface area contributed by atoms with E-state index in [1.807, 2.05) is 0 Å². The van der Waals surface area contributed by atoms with Gasteiger partial charge in [0.05, 0.1) is 6.04 Å². The third kappa shape index (κ3) is 2.83. The number of likely N-dealkylation sites (tertiary alicyclic amines) is 1. The summed E-state index contributed by atoms with van der Waals surface area (Å²) in [4.78, 5) is 25.7. The first-order valence-electron chi connectivity index (χ1n) is 6.04. The molecule has 3 amide bonds. The predicted molar refractivity (Wildman–Crippen MR) is 67.7 cm³/mol. The van der Waals surface area contributed by atoms with Gasteiger partial charge in [-0.1, -0.05) is 12.1 Å². The Balaban J connectivity index is 2.00. The molecule has 2 N–H and O–H groups in total. The first-order valence-corrected chi connectivity index (χ1v) is 6.04. The number of primary amides is 1. The normalized spacial score (nSPS) is 17.8. The third-order valence-corrected chi connectivity index (χ3v) is 3.34. The number of carbonyl (C=O) groups excluding carboxylic acids is 2. The summed E-state index contributed by atoms with van der Waals surface area (Å²) in [5, 5.41) is 0. The minimum atomic E-state index is -0.632. The van der Waals surface area contributed by atoms with E-state index < -0.39 is 6.03 Å². The van der Waals surface area contributed by atoms with Crippen LogP contribution in [-0.4, -0.2) is 41.9 Å². The Kier molecular flexibility index (Phi) is 3.69. The van der Waals surface area contributed by atoms with Gasteiger partial charge < -0.3 is 15.5 Å². The lowest BCUT2D eigenvalue weighted by Gasteiger charge is -2.42. The van der Waals surface area contributed by atoms with Crippen molar-refractivity contribution >= 4 is 11.9 Å². The van der Waals surface area contributed by atoms with E-state index in [0.717, 1.165) is 12.0 Å². The number of amides is 3. The van der Waals surface area contributed by atoms with Crippen molar-refractivity contribution in [2.24, 2.45) is 5.73 Å². The summed E-state index contributed by atoms with van der Waals surface area (Å²) in [5.41, 5.74) is 5.99. The van der Waals surface area contributed by atoms with Crippen molar-refractivity contribution in [1.29, 1.82) is 0 Å². The Morgan fingerprint density at radius 1 is 1.42 bits per heavy atom. The second-order valence-corrected chi connectivity index (χ2v) is 4.64. The Hall–Kier alpha value is -2.11. The van der Waals surface area contributed by atoms with Gasteiger partial charge in [-0.2, -0.15) is 0 Å². The van der Waals surface area contributed by atoms with Crippen LogP contribution in [-0.2, 0) is 4.79 Å². The number of carbonyl (C=O) groups is 2. The van der Waals surface area contributed by atoms with E-state index in [-0.39, 0.29) is 24.3 Å². The lowest BCUT2D eigenvalue weighted by Crippen LogP contribution is -2.50. The fourth-order valence-corrected chi connectivity index (χ4v) is 2.09. The lowest BCUT2D eigenvalue weighted by molar-refractivity contribution is -0.139. The van der Waals surface area contributed by atoms with Gasteiger partial charge in [-0.3, -0.25) is 4.79 Å². The molecule has 1 heterocycles. The fraction of sp³-hybridized carbons (Fsp3) is 0.385. The minimum Gasteiger partial charge on any atom is -0.351 e. The molecule has 1 aliphatic rings. The van der Waals surface area contributed by atoms with Gasteiger partial charge in [0.15, 0.2) is 0 Å². The van der Waals surface area contributed by atoms with Crippen molar-refractivity contribution in [1.82, 2.24) is 9.80 Å². The maximum Gasteiger partial charge on any atom is 0.314 e. The van der Waals surface area contributed by atoms with Crippen LogP contribution in [0.3, 0.4) is 0 Å². The number of urea groups is 1. The first kappa shape index (κ1) is 13.3. The molecule has 0 unspecified atom stereocenters. The summed E-state index contributed by atoms with van der Waals surface area (Å²) in [6.07, 6.45) is 0.845. The van der Waals surface area contributed by atoms with E-state index in [1.165, 1.54) is 24.1 Å². The molecule has 5 nitrogen and oxygen atoms in total. The molecule has 1 saturated heterocycles. The molecular weight excluding hydrogens is 249 g/mol. The first-order chi connectivity index (χ1) is 8.99. The zero-order valence-electron chi connectivity index (χ0n) is 10.7. The summed E-state index contributed by atoms with van der Waals surface area (Å²) in [5.74, 6) is -0.448. The van der Waals surface area contributed by atoms with E-state index in [1.54, 1.807) is 17.0 Å². The van der Waals surface area contributed by atoms with Crippen molar-refractivity contribution in [3.8, 4) is 0 Å². The monoisotopic (exact) mass is 265 g/mol. The van der Waals surface area contributed by atoms with Crippen molar-refractivity contribution in [3.05, 3.63) is 35.6 Å². The van der Waals surface area contributed by atoms with Crippen molar-refractivity contribution in [2.75, 3.05) is 20.1 Å². The number of nitrogens with zero attached hydrogens (tertiary/aromatic N) is 2. The van der Waals surface area contributed by atoms with Crippen LogP contribution >= 0.6 is 0 Å². The van der Waals surface area contributed by atoms with E-state index in [9.17, 15) is 14.0 Å². The van der Waals surface area contributed by atoms with E-state index in [2.05, 4.69) is 0 Å². The molecule has 0 aliphatic carbocycles. The fourth-order valence-electron chi connectivity index (χ4n) is 2.09. The minimum absolute atomic E-state index is 0.0330. The zero-order chi connectivity index (χ0) is 14.0. The van der Waals surface area contributed by atoms with Crippen LogP contribution in [0.2, 0.25) is 0 Å². The van der Waals surface area contributed by atoms with Crippen molar-refractivity contribution in [2.45, 2.75) is 12.5 Å². The van der Waals surface area contributed by atoms with Crippen LogP contribution < -0.4 is 5.73 Å². The molecule has 1 fully saturated rings. The van der Waals surface area contributed by atoms with Crippen LogP contribution in [0, 0.1) is 5.82 Å². The van der Waals surface area contributed by atoms with E-state index >= 15 is 0 Å². The van der Waals surface area contributed by atoms with Gasteiger partial charge in [-0.25, -0.2) is 9.18 Å². The lowest BCUT2D eigenvalue weighted by atomic mass is 9.94. The molecule has 0 saturated carbocycles. The highest BCUT2D eigenvalue weighted by Crippen LogP contribution is 2.33. The molecule has 19 heavy (non-hydrogen) atoms. The number of hydrogen-bond donors (Lipinski definition) is 1. The summed E-state index contributed by atoms with van der Waals surface area (Å²) in [7, 11) is 1.48. The highest BCUT2D eigenvalue weighted by molar-refractivity contribution is 5.84. The van der Waals surface area contributed by atoms with Gasteiger partial charge in [0.2, 0.25) is 5.91 Å². The molecule has 0 radical (unpaired) electrons. The smallest absolute Gasteiger partial charge is 0.314 e. The van der Waals surface area contributed by atoms with Gasteiger partial charge in [0.25, 0.3) is 0 Å². The average Bonchev–Trinajstić information content (AvgIpc) is 2.30.